The van der Waals surface area contributed by atoms with Crippen LogP contribution in [0.1, 0.15) is 381 Å². The van der Waals surface area contributed by atoms with E-state index < -0.39 is 97.5 Å². The Kier molecular flexibility index (Phi) is 64.9. The van der Waals surface area contributed by atoms with Gasteiger partial charge in [-0.2, -0.15) is 0 Å². The lowest BCUT2D eigenvalue weighted by molar-refractivity contribution is -0.161. The zero-order valence-corrected chi connectivity index (χ0v) is 61.5. The van der Waals surface area contributed by atoms with Crippen LogP contribution in [-0.2, 0) is 65.4 Å². The number of hydrogen-bond acceptors (Lipinski definition) is 15. The van der Waals surface area contributed by atoms with E-state index in [0.717, 1.165) is 115 Å². The molecule has 2 unspecified atom stereocenters. The first-order valence-corrected chi connectivity index (χ1v) is 41.1. The van der Waals surface area contributed by atoms with Crippen LogP contribution in [0.2, 0.25) is 0 Å². The Balaban J connectivity index is 5.14. The van der Waals surface area contributed by atoms with Crippen LogP contribution in [-0.4, -0.2) is 96.7 Å². The first-order valence-electron chi connectivity index (χ1n) is 38.1. The Hall–Kier alpha value is -1.94. The Labute approximate surface area is 562 Å². The van der Waals surface area contributed by atoms with Crippen molar-refractivity contribution < 1.29 is 80.2 Å². The summed E-state index contributed by atoms with van der Waals surface area (Å²) in [5, 5.41) is 10.6. The van der Waals surface area contributed by atoms with E-state index in [4.69, 9.17) is 37.0 Å². The van der Waals surface area contributed by atoms with Gasteiger partial charge in [-0.1, -0.05) is 330 Å². The molecule has 0 amide bonds. The molecular formula is C73H142O17P2. The lowest BCUT2D eigenvalue weighted by atomic mass is 10.0. The fourth-order valence-corrected chi connectivity index (χ4v) is 12.8. The number of ether oxygens (including phenoxy) is 4. The van der Waals surface area contributed by atoms with Gasteiger partial charge in [0.2, 0.25) is 0 Å². The standard InChI is InChI=1S/C73H142O17P2/c1-6-9-12-15-18-20-21-22-23-24-25-26-27-28-33-36-39-44-49-54-59-73(78)90-69(63-84-71(76)57-52-47-43-38-35-32-30-29-31-34-37-41-45-50-55-66(4)5)65-88-92(81,82)86-61-67(74)60-85-91(79,80)87-64-68(62-83-70(75)56-51-46-40-17-14-11-8-3)89-72(77)58-53-48-42-19-16-13-10-7-2/h66-69,74H,6-65H2,1-5H3,(H,79,80)(H,81,82)/t67-,68+,69+/m0/s1. The van der Waals surface area contributed by atoms with Gasteiger partial charge in [-0.25, -0.2) is 9.13 Å². The molecule has 0 aliphatic carbocycles. The van der Waals surface area contributed by atoms with Gasteiger partial charge in [-0.3, -0.25) is 37.3 Å². The molecule has 0 heterocycles. The minimum absolute atomic E-state index is 0.105. The molecule has 0 radical (unpaired) electrons. The third kappa shape index (κ3) is 66.7. The number of esters is 4. The van der Waals surface area contributed by atoms with Gasteiger partial charge < -0.3 is 33.8 Å². The van der Waals surface area contributed by atoms with Crippen molar-refractivity contribution in [2.24, 2.45) is 5.92 Å². The second kappa shape index (κ2) is 66.3. The normalized spacial score (nSPS) is 14.0. The van der Waals surface area contributed by atoms with E-state index in [0.29, 0.717) is 25.7 Å². The predicted octanol–water partition coefficient (Wildman–Crippen LogP) is 21.3. The molecule has 0 aliphatic rings. The third-order valence-corrected chi connectivity index (χ3v) is 18.9. The molecule has 0 spiro atoms. The quantitative estimate of drug-likeness (QED) is 0.0222. The fraction of sp³-hybridized carbons (Fsp3) is 0.945. The van der Waals surface area contributed by atoms with Crippen molar-refractivity contribution in [3.05, 3.63) is 0 Å². The number of phosphoric ester groups is 2. The molecule has 0 aromatic carbocycles. The van der Waals surface area contributed by atoms with Crippen LogP contribution in [0.5, 0.6) is 0 Å². The first-order chi connectivity index (χ1) is 44.5. The molecular weight excluding hydrogens is 1210 g/mol. The van der Waals surface area contributed by atoms with Gasteiger partial charge in [-0.05, 0) is 31.6 Å². The number of phosphoric acid groups is 2. The number of aliphatic hydroxyl groups is 1. The molecule has 5 atom stereocenters. The third-order valence-electron chi connectivity index (χ3n) is 17.0. The van der Waals surface area contributed by atoms with Crippen LogP contribution in [0, 0.1) is 5.92 Å². The van der Waals surface area contributed by atoms with Crippen LogP contribution >= 0.6 is 15.6 Å². The van der Waals surface area contributed by atoms with E-state index in [-0.39, 0.29) is 25.7 Å². The number of carbonyl (C=O) groups excluding carboxylic acids is 4. The summed E-state index contributed by atoms with van der Waals surface area (Å²) in [4.78, 5) is 72.4. The Bertz CT molecular complexity index is 1770. The van der Waals surface area contributed by atoms with E-state index in [1.165, 1.54) is 186 Å². The van der Waals surface area contributed by atoms with Crippen LogP contribution < -0.4 is 0 Å². The minimum atomic E-state index is -4.95. The van der Waals surface area contributed by atoms with Gasteiger partial charge in [0.15, 0.2) is 12.2 Å². The monoisotopic (exact) mass is 1350 g/mol. The summed E-state index contributed by atoms with van der Waals surface area (Å²) < 4.78 is 68.2. The highest BCUT2D eigenvalue weighted by Crippen LogP contribution is 2.45. The molecule has 0 aliphatic heterocycles. The van der Waals surface area contributed by atoms with E-state index >= 15 is 0 Å². The maximum atomic E-state index is 13.1. The van der Waals surface area contributed by atoms with Crippen LogP contribution in [0.4, 0.5) is 0 Å². The topological polar surface area (TPSA) is 237 Å². The van der Waals surface area contributed by atoms with E-state index in [9.17, 15) is 43.2 Å². The van der Waals surface area contributed by atoms with Gasteiger partial charge in [0.25, 0.3) is 0 Å². The van der Waals surface area contributed by atoms with Gasteiger partial charge in [0.05, 0.1) is 26.4 Å². The Morgan fingerprint density at radius 1 is 0.293 bits per heavy atom. The molecule has 92 heavy (non-hydrogen) atoms. The summed E-state index contributed by atoms with van der Waals surface area (Å²) in [6.07, 6.45) is 54.5. The molecule has 0 saturated heterocycles. The number of aliphatic hydroxyl groups excluding tert-OH is 1. The van der Waals surface area contributed by atoms with E-state index in [1.807, 2.05) is 0 Å². The molecule has 0 bridgehead atoms. The van der Waals surface area contributed by atoms with E-state index in [1.54, 1.807) is 0 Å². The Morgan fingerprint density at radius 3 is 0.739 bits per heavy atom. The molecule has 0 aromatic rings. The molecule has 0 rings (SSSR count). The minimum Gasteiger partial charge on any atom is -0.462 e. The molecule has 546 valence electrons. The molecule has 3 N–H and O–H groups in total. The lowest BCUT2D eigenvalue weighted by Crippen LogP contribution is -2.30. The summed E-state index contributed by atoms with van der Waals surface area (Å²) in [7, 11) is -9.89. The number of unbranched alkanes of at least 4 members (excludes halogenated alkanes) is 45. The summed E-state index contributed by atoms with van der Waals surface area (Å²) in [6.45, 7) is 7.22. The zero-order chi connectivity index (χ0) is 67.7. The second-order valence-corrected chi connectivity index (χ2v) is 29.7. The summed E-state index contributed by atoms with van der Waals surface area (Å²) >= 11 is 0. The van der Waals surface area contributed by atoms with E-state index in [2.05, 4.69) is 34.6 Å². The maximum absolute atomic E-state index is 13.1. The van der Waals surface area contributed by atoms with Crippen LogP contribution in [0.3, 0.4) is 0 Å². The highest BCUT2D eigenvalue weighted by Gasteiger charge is 2.30. The van der Waals surface area contributed by atoms with Crippen LogP contribution in [0.25, 0.3) is 0 Å². The summed E-state index contributed by atoms with van der Waals surface area (Å²) in [6, 6.07) is 0. The average Bonchev–Trinajstić information content (AvgIpc) is 3.74. The van der Waals surface area contributed by atoms with Crippen molar-refractivity contribution >= 4 is 39.5 Å². The number of rotatable bonds is 73. The lowest BCUT2D eigenvalue weighted by Gasteiger charge is -2.21. The number of carbonyl (C=O) groups is 4. The van der Waals surface area contributed by atoms with Crippen molar-refractivity contribution in [1.29, 1.82) is 0 Å². The van der Waals surface area contributed by atoms with Crippen molar-refractivity contribution in [3.63, 3.8) is 0 Å². The average molecular weight is 1350 g/mol. The van der Waals surface area contributed by atoms with Crippen molar-refractivity contribution in [3.8, 4) is 0 Å². The fourth-order valence-electron chi connectivity index (χ4n) is 11.2. The van der Waals surface area contributed by atoms with Gasteiger partial charge in [0.1, 0.15) is 19.3 Å². The highest BCUT2D eigenvalue weighted by molar-refractivity contribution is 7.47. The first kappa shape index (κ1) is 90.1. The zero-order valence-electron chi connectivity index (χ0n) is 59.7. The molecule has 19 heteroatoms. The summed E-state index contributed by atoms with van der Waals surface area (Å²) in [5.41, 5.74) is 0. The molecule has 0 saturated carbocycles. The van der Waals surface area contributed by atoms with Crippen molar-refractivity contribution in [2.45, 2.75) is 400 Å². The Morgan fingerprint density at radius 2 is 0.500 bits per heavy atom. The van der Waals surface area contributed by atoms with Crippen LogP contribution in [0.15, 0.2) is 0 Å². The van der Waals surface area contributed by atoms with Crippen molar-refractivity contribution in [1.82, 2.24) is 0 Å². The maximum Gasteiger partial charge on any atom is 0.472 e. The number of hydrogen-bond donors (Lipinski definition) is 3. The van der Waals surface area contributed by atoms with Gasteiger partial charge in [0, 0.05) is 25.7 Å². The predicted molar refractivity (Wildman–Crippen MR) is 372 cm³/mol. The SMILES string of the molecule is CCCCCCCCCCCCCCCCCCCCCCC(=O)O[C@H](COC(=O)CCCCCCCCCCCCCCCCC(C)C)COP(=O)(O)OC[C@@H](O)COP(=O)(O)OC[C@@H](COC(=O)CCCCCCCCC)OC(=O)CCCCCCCCCC. The highest BCUT2D eigenvalue weighted by atomic mass is 31.2. The largest absolute Gasteiger partial charge is 0.472 e. The molecule has 0 fully saturated rings. The van der Waals surface area contributed by atoms with Gasteiger partial charge in [-0.15, -0.1) is 0 Å². The summed E-state index contributed by atoms with van der Waals surface area (Å²) in [5.74, 6) is -1.33. The van der Waals surface area contributed by atoms with Gasteiger partial charge >= 0.3 is 39.5 Å². The smallest absolute Gasteiger partial charge is 0.462 e. The molecule has 17 nitrogen and oxygen atoms in total. The second-order valence-electron chi connectivity index (χ2n) is 26.8. The molecule has 0 aromatic heterocycles. The van der Waals surface area contributed by atoms with Crippen molar-refractivity contribution in [2.75, 3.05) is 39.6 Å².